The minimum atomic E-state index is -0.0736. The molecule has 0 saturated carbocycles. The number of nitrogen functional groups attached to an aromatic ring is 1. The predicted octanol–water partition coefficient (Wildman–Crippen LogP) is 1.75. The van der Waals surface area contributed by atoms with Gasteiger partial charge >= 0.3 is 0 Å². The van der Waals surface area contributed by atoms with E-state index in [0.29, 0.717) is 11.5 Å². The van der Waals surface area contributed by atoms with E-state index in [1.54, 1.807) is 12.1 Å². The Morgan fingerprint density at radius 2 is 2.07 bits per heavy atom. The van der Waals surface area contributed by atoms with Gasteiger partial charge in [0.2, 0.25) is 0 Å². The molecule has 0 amide bonds. The van der Waals surface area contributed by atoms with E-state index in [1.807, 2.05) is 26.8 Å². The Labute approximate surface area is 83.8 Å². The minimum absolute atomic E-state index is 0.0736. The molecule has 1 aromatic heterocycles. The highest BCUT2D eigenvalue weighted by atomic mass is 15.0. The first-order valence-corrected chi connectivity index (χ1v) is 4.37. The molecule has 74 valence electrons. The number of pyridine rings is 1. The van der Waals surface area contributed by atoms with Crippen molar-refractivity contribution in [3.8, 4) is 6.07 Å². The van der Waals surface area contributed by atoms with E-state index in [2.05, 4.69) is 10.3 Å². The van der Waals surface area contributed by atoms with Crippen LogP contribution in [0.3, 0.4) is 0 Å². The lowest BCUT2D eigenvalue weighted by molar-refractivity contribution is 0.630. The van der Waals surface area contributed by atoms with Crippen LogP contribution in [0, 0.1) is 11.3 Å². The van der Waals surface area contributed by atoms with Crippen molar-refractivity contribution >= 4 is 11.5 Å². The first kappa shape index (κ1) is 10.3. The van der Waals surface area contributed by atoms with E-state index in [-0.39, 0.29) is 11.2 Å². The van der Waals surface area contributed by atoms with Crippen molar-refractivity contribution in [1.82, 2.24) is 4.98 Å². The van der Waals surface area contributed by atoms with Gasteiger partial charge in [-0.15, -0.1) is 0 Å². The zero-order valence-electron chi connectivity index (χ0n) is 8.63. The lowest BCUT2D eigenvalue weighted by Crippen LogP contribution is -2.26. The van der Waals surface area contributed by atoms with Gasteiger partial charge < -0.3 is 11.1 Å². The molecule has 0 fully saturated rings. The van der Waals surface area contributed by atoms with Crippen molar-refractivity contribution < 1.29 is 0 Å². The molecule has 0 radical (unpaired) electrons. The van der Waals surface area contributed by atoms with Crippen molar-refractivity contribution in [2.24, 2.45) is 0 Å². The van der Waals surface area contributed by atoms with Crippen molar-refractivity contribution in [2.45, 2.75) is 26.3 Å². The molecular formula is C10H14N4. The molecular weight excluding hydrogens is 176 g/mol. The van der Waals surface area contributed by atoms with Gasteiger partial charge in [0, 0.05) is 5.54 Å². The topological polar surface area (TPSA) is 74.7 Å². The van der Waals surface area contributed by atoms with Crippen LogP contribution >= 0.6 is 0 Å². The van der Waals surface area contributed by atoms with Crippen molar-refractivity contribution in [1.29, 1.82) is 5.26 Å². The lowest BCUT2D eigenvalue weighted by Gasteiger charge is -2.21. The number of hydrogen-bond acceptors (Lipinski definition) is 4. The van der Waals surface area contributed by atoms with Gasteiger partial charge in [0.25, 0.3) is 0 Å². The number of hydrogen-bond donors (Lipinski definition) is 2. The smallest absolute Gasteiger partial charge is 0.165 e. The van der Waals surface area contributed by atoms with Crippen molar-refractivity contribution in [3.63, 3.8) is 0 Å². The summed E-state index contributed by atoms with van der Waals surface area (Å²) in [6.07, 6.45) is 0. The molecule has 4 nitrogen and oxygen atoms in total. The molecule has 0 unspecified atom stereocenters. The summed E-state index contributed by atoms with van der Waals surface area (Å²) in [5.41, 5.74) is 6.15. The molecule has 1 heterocycles. The van der Waals surface area contributed by atoms with Gasteiger partial charge in [-0.3, -0.25) is 0 Å². The highest BCUT2D eigenvalue weighted by Gasteiger charge is 2.11. The maximum atomic E-state index is 8.72. The Kier molecular flexibility index (Phi) is 2.61. The van der Waals surface area contributed by atoms with E-state index in [9.17, 15) is 0 Å². The fraction of sp³-hybridized carbons (Fsp3) is 0.400. The molecule has 0 atom stereocenters. The molecule has 0 aliphatic carbocycles. The Morgan fingerprint density at radius 3 is 2.57 bits per heavy atom. The summed E-state index contributed by atoms with van der Waals surface area (Å²) in [5, 5.41) is 11.9. The van der Waals surface area contributed by atoms with Gasteiger partial charge in [0.15, 0.2) is 5.69 Å². The third kappa shape index (κ3) is 2.63. The summed E-state index contributed by atoms with van der Waals surface area (Å²) in [7, 11) is 0. The fourth-order valence-electron chi connectivity index (χ4n) is 1.01. The molecule has 1 rings (SSSR count). The number of anilines is 2. The summed E-state index contributed by atoms with van der Waals surface area (Å²) >= 11 is 0. The van der Waals surface area contributed by atoms with Crippen molar-refractivity contribution in [3.05, 3.63) is 17.8 Å². The zero-order valence-corrected chi connectivity index (χ0v) is 8.63. The van der Waals surface area contributed by atoms with Crippen LogP contribution in [-0.2, 0) is 0 Å². The van der Waals surface area contributed by atoms with Crippen molar-refractivity contribution in [2.75, 3.05) is 11.1 Å². The average Bonchev–Trinajstić information content (AvgIpc) is 2.06. The Morgan fingerprint density at radius 1 is 1.43 bits per heavy atom. The van der Waals surface area contributed by atoms with E-state index < -0.39 is 0 Å². The summed E-state index contributed by atoms with van der Waals surface area (Å²) in [4.78, 5) is 4.08. The monoisotopic (exact) mass is 190 g/mol. The van der Waals surface area contributed by atoms with Crippen LogP contribution in [0.1, 0.15) is 26.5 Å². The molecule has 1 aromatic rings. The average molecular weight is 190 g/mol. The van der Waals surface area contributed by atoms with E-state index >= 15 is 0 Å². The number of nitrogens with zero attached hydrogens (tertiary/aromatic N) is 2. The van der Waals surface area contributed by atoms with Gasteiger partial charge in [0.1, 0.15) is 11.9 Å². The summed E-state index contributed by atoms with van der Waals surface area (Å²) < 4.78 is 0. The van der Waals surface area contributed by atoms with Crippen LogP contribution in [0.25, 0.3) is 0 Å². The fourth-order valence-corrected chi connectivity index (χ4v) is 1.01. The Bertz CT molecular complexity index is 371. The normalized spacial score (nSPS) is 10.7. The summed E-state index contributed by atoms with van der Waals surface area (Å²) in [6.45, 7) is 6.07. The van der Waals surface area contributed by atoms with Gasteiger partial charge in [-0.05, 0) is 32.9 Å². The first-order chi connectivity index (χ1) is 6.42. The lowest BCUT2D eigenvalue weighted by atomic mass is 10.1. The molecule has 0 aromatic carbocycles. The second kappa shape index (κ2) is 3.54. The molecule has 4 heteroatoms. The largest absolute Gasteiger partial charge is 0.396 e. The Balaban J connectivity index is 2.97. The highest BCUT2D eigenvalue weighted by Crippen LogP contribution is 2.15. The molecule has 3 N–H and O–H groups in total. The highest BCUT2D eigenvalue weighted by molar-refractivity contribution is 5.55. The second-order valence-electron chi connectivity index (χ2n) is 4.12. The summed E-state index contributed by atoms with van der Waals surface area (Å²) in [5.74, 6) is 0.670. The number of aromatic nitrogens is 1. The molecule has 0 saturated heterocycles. The van der Waals surface area contributed by atoms with E-state index in [0.717, 1.165) is 0 Å². The third-order valence-electron chi connectivity index (χ3n) is 1.54. The van der Waals surface area contributed by atoms with Gasteiger partial charge in [-0.2, -0.15) is 5.26 Å². The van der Waals surface area contributed by atoms with Crippen LogP contribution in [0.15, 0.2) is 12.1 Å². The van der Waals surface area contributed by atoms with Crippen LogP contribution in [0.2, 0.25) is 0 Å². The molecule has 0 spiro atoms. The second-order valence-corrected chi connectivity index (χ2v) is 4.12. The van der Waals surface area contributed by atoms with Crippen LogP contribution in [0.4, 0.5) is 11.5 Å². The van der Waals surface area contributed by atoms with Gasteiger partial charge in [-0.25, -0.2) is 4.98 Å². The maximum Gasteiger partial charge on any atom is 0.165 e. The number of rotatable bonds is 1. The number of nitriles is 1. The third-order valence-corrected chi connectivity index (χ3v) is 1.54. The quantitative estimate of drug-likeness (QED) is 0.707. The molecule has 0 bridgehead atoms. The van der Waals surface area contributed by atoms with E-state index in [1.165, 1.54) is 0 Å². The minimum Gasteiger partial charge on any atom is -0.396 e. The summed E-state index contributed by atoms with van der Waals surface area (Å²) in [6, 6.07) is 5.39. The number of nitrogens with two attached hydrogens (primary N) is 1. The van der Waals surface area contributed by atoms with E-state index in [4.69, 9.17) is 11.0 Å². The van der Waals surface area contributed by atoms with Gasteiger partial charge in [0.05, 0.1) is 5.69 Å². The first-order valence-electron chi connectivity index (χ1n) is 4.37. The number of nitrogens with one attached hydrogen (secondary N) is 1. The Hall–Kier alpha value is -1.76. The van der Waals surface area contributed by atoms with Crippen LogP contribution in [-0.4, -0.2) is 10.5 Å². The predicted molar refractivity (Wildman–Crippen MR) is 56.7 cm³/mol. The van der Waals surface area contributed by atoms with Gasteiger partial charge in [-0.1, -0.05) is 0 Å². The molecule has 0 aliphatic heterocycles. The molecule has 14 heavy (non-hydrogen) atoms. The maximum absolute atomic E-state index is 8.72. The van der Waals surface area contributed by atoms with Crippen LogP contribution < -0.4 is 11.1 Å². The zero-order chi connectivity index (χ0) is 10.8. The SMILES string of the molecule is CC(C)(C)Nc1ccc(N)c(C#N)n1. The molecule has 0 aliphatic rings. The standard InChI is InChI=1S/C10H14N4/c1-10(2,3)14-9-5-4-7(12)8(6-11)13-9/h4-5H,12H2,1-3H3,(H,13,14). The van der Waals surface area contributed by atoms with Crippen LogP contribution in [0.5, 0.6) is 0 Å².